The van der Waals surface area contributed by atoms with E-state index in [9.17, 15) is 4.79 Å². The van der Waals surface area contributed by atoms with Gasteiger partial charge in [0, 0.05) is 11.5 Å². The Morgan fingerprint density at radius 2 is 2.00 bits per heavy atom. The molecular weight excluding hydrogens is 282 g/mol. The minimum absolute atomic E-state index is 0.407. The summed E-state index contributed by atoms with van der Waals surface area (Å²) in [5.74, 6) is 0.133. The molecule has 0 spiro atoms. The van der Waals surface area contributed by atoms with Gasteiger partial charge in [-0.05, 0) is 35.9 Å². The van der Waals surface area contributed by atoms with E-state index in [0.29, 0.717) is 5.75 Å². The quantitative estimate of drug-likeness (QED) is 0.412. The molecule has 0 radical (unpaired) electrons. The standard InChI is InChI=1S/C17H13NO2S/c1-12-18-15(11-21-12)7-9-17(19)20-16-8-6-13-4-2-3-5-14(13)10-16/h2-11H,1H3/b9-7+. The number of aromatic nitrogens is 1. The van der Waals surface area contributed by atoms with Crippen LogP contribution in [0, 0.1) is 6.92 Å². The van der Waals surface area contributed by atoms with E-state index in [1.165, 1.54) is 6.08 Å². The Morgan fingerprint density at radius 1 is 1.19 bits per heavy atom. The molecule has 0 aliphatic heterocycles. The second-order valence-electron chi connectivity index (χ2n) is 4.55. The van der Waals surface area contributed by atoms with Crippen molar-refractivity contribution in [3.63, 3.8) is 0 Å². The Bertz CT molecular complexity index is 820. The van der Waals surface area contributed by atoms with Gasteiger partial charge in [0.15, 0.2) is 0 Å². The highest BCUT2D eigenvalue weighted by atomic mass is 32.1. The smallest absolute Gasteiger partial charge is 0.336 e. The molecule has 0 saturated carbocycles. The lowest BCUT2D eigenvalue weighted by molar-refractivity contribution is -0.128. The van der Waals surface area contributed by atoms with Crippen molar-refractivity contribution >= 4 is 34.2 Å². The lowest BCUT2D eigenvalue weighted by atomic mass is 10.1. The van der Waals surface area contributed by atoms with Crippen molar-refractivity contribution in [1.82, 2.24) is 4.98 Å². The predicted molar refractivity (Wildman–Crippen MR) is 85.5 cm³/mol. The van der Waals surface area contributed by atoms with Crippen LogP contribution in [0.15, 0.2) is 53.9 Å². The SMILES string of the molecule is Cc1nc(/C=C/C(=O)Oc2ccc3ccccc3c2)cs1. The van der Waals surface area contributed by atoms with Crippen LogP contribution in [0.3, 0.4) is 0 Å². The van der Waals surface area contributed by atoms with Gasteiger partial charge in [-0.25, -0.2) is 9.78 Å². The van der Waals surface area contributed by atoms with Crippen LogP contribution >= 0.6 is 11.3 Å². The van der Waals surface area contributed by atoms with Gasteiger partial charge in [-0.1, -0.05) is 30.3 Å². The predicted octanol–water partition coefficient (Wildman–Crippen LogP) is 4.22. The summed E-state index contributed by atoms with van der Waals surface area (Å²) in [5, 5.41) is 5.03. The van der Waals surface area contributed by atoms with E-state index in [2.05, 4.69) is 4.98 Å². The molecule has 0 atom stereocenters. The summed E-state index contributed by atoms with van der Waals surface area (Å²) in [6, 6.07) is 13.5. The maximum atomic E-state index is 11.8. The van der Waals surface area contributed by atoms with E-state index >= 15 is 0 Å². The van der Waals surface area contributed by atoms with Gasteiger partial charge >= 0.3 is 5.97 Å². The zero-order chi connectivity index (χ0) is 14.7. The molecule has 4 heteroatoms. The Hall–Kier alpha value is -2.46. The normalized spacial score (nSPS) is 11.1. The van der Waals surface area contributed by atoms with E-state index in [1.807, 2.05) is 48.7 Å². The minimum atomic E-state index is -0.407. The minimum Gasteiger partial charge on any atom is -0.423 e. The van der Waals surface area contributed by atoms with Crippen molar-refractivity contribution in [2.24, 2.45) is 0 Å². The van der Waals surface area contributed by atoms with Crippen LogP contribution in [-0.4, -0.2) is 11.0 Å². The molecule has 104 valence electrons. The Morgan fingerprint density at radius 3 is 2.76 bits per heavy atom. The van der Waals surface area contributed by atoms with E-state index in [-0.39, 0.29) is 0 Å². The number of rotatable bonds is 3. The third kappa shape index (κ3) is 3.35. The first-order chi connectivity index (χ1) is 10.2. The molecule has 0 saturated heterocycles. The van der Waals surface area contributed by atoms with Crippen molar-refractivity contribution in [2.45, 2.75) is 6.92 Å². The van der Waals surface area contributed by atoms with Crippen LogP contribution in [0.2, 0.25) is 0 Å². The average Bonchev–Trinajstić information content (AvgIpc) is 2.91. The maximum absolute atomic E-state index is 11.8. The number of aryl methyl sites for hydroxylation is 1. The third-order valence-corrected chi connectivity index (χ3v) is 3.76. The van der Waals surface area contributed by atoms with Crippen molar-refractivity contribution < 1.29 is 9.53 Å². The van der Waals surface area contributed by atoms with Crippen LogP contribution in [-0.2, 0) is 4.79 Å². The molecule has 0 aliphatic rings. The van der Waals surface area contributed by atoms with Crippen LogP contribution in [0.4, 0.5) is 0 Å². The molecule has 3 aromatic rings. The monoisotopic (exact) mass is 295 g/mol. The molecule has 1 heterocycles. The molecule has 3 nitrogen and oxygen atoms in total. The summed E-state index contributed by atoms with van der Waals surface area (Å²) < 4.78 is 5.30. The Kier molecular flexibility index (Phi) is 3.79. The maximum Gasteiger partial charge on any atom is 0.336 e. The molecule has 0 fully saturated rings. The number of thiazole rings is 1. The summed E-state index contributed by atoms with van der Waals surface area (Å²) in [6.07, 6.45) is 3.05. The largest absolute Gasteiger partial charge is 0.423 e. The van der Waals surface area contributed by atoms with E-state index in [1.54, 1.807) is 23.5 Å². The first kappa shape index (κ1) is 13.5. The first-order valence-corrected chi connectivity index (χ1v) is 7.39. The topological polar surface area (TPSA) is 39.2 Å². The van der Waals surface area contributed by atoms with Gasteiger partial charge in [-0.15, -0.1) is 11.3 Å². The highest BCUT2D eigenvalue weighted by Crippen LogP contribution is 2.20. The number of carbonyl (C=O) groups excluding carboxylic acids is 1. The van der Waals surface area contributed by atoms with Gasteiger partial charge in [0.05, 0.1) is 10.7 Å². The van der Waals surface area contributed by atoms with Gasteiger partial charge in [-0.3, -0.25) is 0 Å². The zero-order valence-electron chi connectivity index (χ0n) is 11.4. The lowest BCUT2D eigenvalue weighted by Gasteiger charge is -2.03. The van der Waals surface area contributed by atoms with Gasteiger partial charge < -0.3 is 4.74 Å². The van der Waals surface area contributed by atoms with E-state index in [4.69, 9.17) is 4.74 Å². The average molecular weight is 295 g/mol. The van der Waals surface area contributed by atoms with E-state index in [0.717, 1.165) is 21.5 Å². The van der Waals surface area contributed by atoms with E-state index < -0.39 is 5.97 Å². The number of esters is 1. The summed E-state index contributed by atoms with van der Waals surface area (Å²) >= 11 is 1.55. The van der Waals surface area contributed by atoms with Crippen LogP contribution in [0.25, 0.3) is 16.8 Å². The molecular formula is C17H13NO2S. The van der Waals surface area contributed by atoms with Gasteiger partial charge in [0.2, 0.25) is 0 Å². The van der Waals surface area contributed by atoms with Crippen LogP contribution in [0.5, 0.6) is 5.75 Å². The molecule has 0 amide bonds. The summed E-state index contributed by atoms with van der Waals surface area (Å²) in [6.45, 7) is 1.93. The molecule has 2 aromatic carbocycles. The molecule has 0 N–H and O–H groups in total. The highest BCUT2D eigenvalue weighted by Gasteiger charge is 2.02. The van der Waals surface area contributed by atoms with Crippen molar-refractivity contribution in [2.75, 3.05) is 0 Å². The number of fused-ring (bicyclic) bond motifs is 1. The second-order valence-corrected chi connectivity index (χ2v) is 5.62. The highest BCUT2D eigenvalue weighted by molar-refractivity contribution is 7.09. The number of nitrogens with zero attached hydrogens (tertiary/aromatic N) is 1. The number of ether oxygens (including phenoxy) is 1. The van der Waals surface area contributed by atoms with Gasteiger partial charge in [0.1, 0.15) is 5.75 Å². The lowest BCUT2D eigenvalue weighted by Crippen LogP contribution is -2.03. The first-order valence-electron chi connectivity index (χ1n) is 6.51. The summed E-state index contributed by atoms with van der Waals surface area (Å²) in [5.41, 5.74) is 0.771. The van der Waals surface area contributed by atoms with Crippen molar-refractivity contribution in [3.05, 3.63) is 64.6 Å². The molecule has 0 aliphatic carbocycles. The fourth-order valence-corrected chi connectivity index (χ4v) is 2.57. The molecule has 21 heavy (non-hydrogen) atoms. The number of hydrogen-bond acceptors (Lipinski definition) is 4. The van der Waals surface area contributed by atoms with Crippen LogP contribution in [0.1, 0.15) is 10.7 Å². The molecule has 3 rings (SSSR count). The van der Waals surface area contributed by atoms with Gasteiger partial charge in [-0.2, -0.15) is 0 Å². The second kappa shape index (κ2) is 5.89. The zero-order valence-corrected chi connectivity index (χ0v) is 12.3. The van der Waals surface area contributed by atoms with Gasteiger partial charge in [0.25, 0.3) is 0 Å². The Balaban J connectivity index is 1.72. The summed E-state index contributed by atoms with van der Waals surface area (Å²) in [7, 11) is 0. The third-order valence-electron chi connectivity index (χ3n) is 2.97. The number of benzene rings is 2. The molecule has 1 aromatic heterocycles. The molecule has 0 unspecified atom stereocenters. The fourth-order valence-electron chi connectivity index (χ4n) is 1.99. The number of hydrogen-bond donors (Lipinski definition) is 0. The Labute approximate surface area is 126 Å². The van der Waals surface area contributed by atoms with Crippen molar-refractivity contribution in [3.8, 4) is 5.75 Å². The number of carbonyl (C=O) groups is 1. The van der Waals surface area contributed by atoms with Crippen molar-refractivity contribution in [1.29, 1.82) is 0 Å². The van der Waals surface area contributed by atoms with Crippen LogP contribution < -0.4 is 4.74 Å². The molecule has 0 bridgehead atoms. The summed E-state index contributed by atoms with van der Waals surface area (Å²) in [4.78, 5) is 16.0. The fraction of sp³-hybridized carbons (Fsp3) is 0.0588.